The molecule has 2 rings (SSSR count). The molecule has 0 bridgehead atoms. The molecule has 94 valence electrons. The van der Waals surface area contributed by atoms with Crippen molar-refractivity contribution in [3.63, 3.8) is 0 Å². The first-order valence-electron chi connectivity index (χ1n) is 6.23. The lowest BCUT2D eigenvalue weighted by Gasteiger charge is -2.21. The molecule has 4 heteroatoms. The number of ether oxygens (including phenoxy) is 1. The van der Waals surface area contributed by atoms with Crippen molar-refractivity contribution in [1.29, 1.82) is 0 Å². The van der Waals surface area contributed by atoms with Crippen LogP contribution < -0.4 is 5.73 Å². The highest BCUT2D eigenvalue weighted by Gasteiger charge is 2.20. The molecule has 2 N–H and O–H groups in total. The minimum absolute atomic E-state index is 0.188. The lowest BCUT2D eigenvalue weighted by atomic mass is 10.1. The molecule has 1 fully saturated rings. The van der Waals surface area contributed by atoms with Crippen LogP contribution >= 0.6 is 15.9 Å². The molecule has 2 atom stereocenters. The Labute approximate surface area is 111 Å². The van der Waals surface area contributed by atoms with E-state index in [0.717, 1.165) is 23.0 Å². The third kappa shape index (κ3) is 4.05. The maximum absolute atomic E-state index is 6.11. The first-order valence-corrected chi connectivity index (χ1v) is 7.02. The quantitative estimate of drug-likeness (QED) is 0.873. The van der Waals surface area contributed by atoms with Crippen LogP contribution in [0.25, 0.3) is 0 Å². The molecule has 1 saturated carbocycles. The molecule has 2 unspecified atom stereocenters. The van der Waals surface area contributed by atoms with Gasteiger partial charge in [0.05, 0.1) is 18.4 Å². The van der Waals surface area contributed by atoms with Crippen molar-refractivity contribution in [3.05, 3.63) is 28.5 Å². The molecule has 1 heterocycles. The number of hydrogen-bond acceptors (Lipinski definition) is 3. The third-order valence-electron chi connectivity index (χ3n) is 3.24. The summed E-state index contributed by atoms with van der Waals surface area (Å²) in [5, 5.41) is 0. The summed E-state index contributed by atoms with van der Waals surface area (Å²) in [6, 6.07) is 4.15. The SMILES string of the molecule is NC1CCCCCC1OCc1ccc(Br)cn1. The predicted molar refractivity (Wildman–Crippen MR) is 71.6 cm³/mol. The molecule has 1 aliphatic carbocycles. The summed E-state index contributed by atoms with van der Waals surface area (Å²) in [4.78, 5) is 4.30. The van der Waals surface area contributed by atoms with Gasteiger partial charge in [0.15, 0.2) is 0 Å². The number of rotatable bonds is 3. The van der Waals surface area contributed by atoms with Crippen LogP contribution in [-0.2, 0) is 11.3 Å². The van der Waals surface area contributed by atoms with Crippen LogP contribution in [0.1, 0.15) is 37.8 Å². The average molecular weight is 299 g/mol. The lowest BCUT2D eigenvalue weighted by Crippen LogP contribution is -2.35. The van der Waals surface area contributed by atoms with Crippen molar-refractivity contribution in [2.24, 2.45) is 5.73 Å². The normalized spacial score (nSPS) is 25.5. The molecular formula is C13H19BrN2O. The Balaban J connectivity index is 1.85. The number of nitrogens with two attached hydrogens (primary N) is 1. The van der Waals surface area contributed by atoms with Crippen LogP contribution in [0.15, 0.2) is 22.8 Å². The first kappa shape index (κ1) is 13.0. The zero-order chi connectivity index (χ0) is 12.1. The minimum atomic E-state index is 0.188. The van der Waals surface area contributed by atoms with Crippen LogP contribution in [0.5, 0.6) is 0 Å². The second-order valence-corrected chi connectivity index (χ2v) is 5.53. The molecule has 1 aromatic heterocycles. The van der Waals surface area contributed by atoms with Crippen LogP contribution in [0.3, 0.4) is 0 Å². The van der Waals surface area contributed by atoms with E-state index >= 15 is 0 Å². The zero-order valence-corrected chi connectivity index (χ0v) is 11.5. The largest absolute Gasteiger partial charge is 0.370 e. The van der Waals surface area contributed by atoms with E-state index in [0.29, 0.717) is 6.61 Å². The van der Waals surface area contributed by atoms with E-state index in [-0.39, 0.29) is 12.1 Å². The topological polar surface area (TPSA) is 48.1 Å². The van der Waals surface area contributed by atoms with Gasteiger partial charge in [-0.3, -0.25) is 4.98 Å². The molecule has 0 spiro atoms. The maximum Gasteiger partial charge on any atom is 0.0892 e. The van der Waals surface area contributed by atoms with Crippen molar-refractivity contribution in [2.75, 3.05) is 0 Å². The van der Waals surface area contributed by atoms with Gasteiger partial charge in [-0.15, -0.1) is 0 Å². The third-order valence-corrected chi connectivity index (χ3v) is 3.71. The highest BCUT2D eigenvalue weighted by Crippen LogP contribution is 2.20. The Bertz CT molecular complexity index is 342. The Morgan fingerprint density at radius 1 is 1.29 bits per heavy atom. The van der Waals surface area contributed by atoms with Gasteiger partial charge < -0.3 is 10.5 Å². The van der Waals surface area contributed by atoms with Gasteiger partial charge in [0.2, 0.25) is 0 Å². The fourth-order valence-electron chi connectivity index (χ4n) is 2.19. The Morgan fingerprint density at radius 2 is 2.12 bits per heavy atom. The molecule has 0 radical (unpaired) electrons. The molecule has 0 saturated heterocycles. The van der Waals surface area contributed by atoms with Crippen molar-refractivity contribution < 1.29 is 4.74 Å². The molecular weight excluding hydrogens is 280 g/mol. The van der Waals surface area contributed by atoms with Crippen molar-refractivity contribution >= 4 is 15.9 Å². The second-order valence-electron chi connectivity index (χ2n) is 4.62. The molecule has 0 amide bonds. The number of hydrogen-bond donors (Lipinski definition) is 1. The van der Waals surface area contributed by atoms with Gasteiger partial charge in [-0.25, -0.2) is 0 Å². The first-order chi connectivity index (χ1) is 8.25. The van der Waals surface area contributed by atoms with E-state index < -0.39 is 0 Å². The van der Waals surface area contributed by atoms with Gasteiger partial charge in [0.1, 0.15) is 0 Å². The average Bonchev–Trinajstić information content (AvgIpc) is 2.54. The molecule has 3 nitrogen and oxygen atoms in total. The summed E-state index contributed by atoms with van der Waals surface area (Å²) in [5.41, 5.74) is 7.08. The van der Waals surface area contributed by atoms with E-state index in [2.05, 4.69) is 20.9 Å². The fraction of sp³-hybridized carbons (Fsp3) is 0.615. The van der Waals surface area contributed by atoms with Gasteiger partial charge in [-0.2, -0.15) is 0 Å². The summed E-state index contributed by atoms with van der Waals surface area (Å²) in [7, 11) is 0. The van der Waals surface area contributed by atoms with Gasteiger partial charge >= 0.3 is 0 Å². The number of pyridine rings is 1. The van der Waals surface area contributed by atoms with Gasteiger partial charge in [0, 0.05) is 16.7 Å². The minimum Gasteiger partial charge on any atom is -0.370 e. The van der Waals surface area contributed by atoms with Gasteiger partial charge in [-0.1, -0.05) is 19.3 Å². The molecule has 1 aliphatic rings. The molecule has 1 aromatic rings. The number of aromatic nitrogens is 1. The Kier molecular flexibility index (Phi) is 4.95. The van der Waals surface area contributed by atoms with Gasteiger partial charge in [0.25, 0.3) is 0 Å². The summed E-state index contributed by atoms with van der Waals surface area (Å²) in [6.07, 6.45) is 7.90. The standard InChI is InChI=1S/C13H19BrN2O/c14-10-6-7-11(16-8-10)9-17-13-5-3-1-2-4-12(13)15/h6-8,12-13H,1-5,9,15H2. The van der Waals surface area contributed by atoms with Crippen molar-refractivity contribution in [3.8, 4) is 0 Å². The lowest BCUT2D eigenvalue weighted by molar-refractivity contribution is 0.0178. The second kappa shape index (κ2) is 6.47. The number of halogens is 1. The van der Waals surface area contributed by atoms with E-state index in [9.17, 15) is 0 Å². The molecule has 0 aromatic carbocycles. The zero-order valence-electron chi connectivity index (χ0n) is 9.94. The van der Waals surface area contributed by atoms with Crippen LogP contribution in [0.4, 0.5) is 0 Å². The van der Waals surface area contributed by atoms with E-state index in [1.54, 1.807) is 6.20 Å². The van der Waals surface area contributed by atoms with Crippen molar-refractivity contribution in [1.82, 2.24) is 4.98 Å². The van der Waals surface area contributed by atoms with Gasteiger partial charge in [-0.05, 0) is 40.9 Å². The van der Waals surface area contributed by atoms with Crippen molar-refractivity contribution in [2.45, 2.75) is 50.9 Å². The molecule has 0 aliphatic heterocycles. The Hall–Kier alpha value is -0.450. The van der Waals surface area contributed by atoms with Crippen LogP contribution in [0.2, 0.25) is 0 Å². The van der Waals surface area contributed by atoms with E-state index in [1.165, 1.54) is 19.3 Å². The fourth-order valence-corrected chi connectivity index (χ4v) is 2.43. The predicted octanol–water partition coefficient (Wildman–Crippen LogP) is 3.02. The summed E-state index contributed by atoms with van der Waals surface area (Å²) < 4.78 is 6.89. The highest BCUT2D eigenvalue weighted by molar-refractivity contribution is 9.10. The Morgan fingerprint density at radius 3 is 2.88 bits per heavy atom. The van der Waals surface area contributed by atoms with Crippen LogP contribution in [0, 0.1) is 0 Å². The smallest absolute Gasteiger partial charge is 0.0892 e. The summed E-state index contributed by atoms with van der Waals surface area (Å²) in [6.45, 7) is 0.561. The van der Waals surface area contributed by atoms with E-state index in [1.807, 2.05) is 12.1 Å². The monoisotopic (exact) mass is 298 g/mol. The van der Waals surface area contributed by atoms with E-state index in [4.69, 9.17) is 10.5 Å². The highest BCUT2D eigenvalue weighted by atomic mass is 79.9. The summed E-state index contributed by atoms with van der Waals surface area (Å²) >= 11 is 3.37. The number of nitrogens with zero attached hydrogens (tertiary/aromatic N) is 1. The van der Waals surface area contributed by atoms with Crippen LogP contribution in [-0.4, -0.2) is 17.1 Å². The molecule has 17 heavy (non-hydrogen) atoms. The summed E-state index contributed by atoms with van der Waals surface area (Å²) in [5.74, 6) is 0. The maximum atomic E-state index is 6.11.